The number of hydrogen-bond donors (Lipinski definition) is 1. The first-order chi connectivity index (χ1) is 7.08. The number of aryl methyl sites for hydroxylation is 2. The van der Waals surface area contributed by atoms with Crippen LogP contribution in [0.25, 0.3) is 0 Å². The predicted molar refractivity (Wildman–Crippen MR) is 68.5 cm³/mol. The minimum atomic E-state index is 0.811. The van der Waals surface area contributed by atoms with Gasteiger partial charge in [0.1, 0.15) is 0 Å². The monoisotopic (exact) mass is 205 g/mol. The molecule has 0 atom stereocenters. The maximum absolute atomic E-state index is 3.48. The van der Waals surface area contributed by atoms with E-state index in [0.717, 1.165) is 12.5 Å². The Morgan fingerprint density at radius 2 is 1.67 bits per heavy atom. The van der Waals surface area contributed by atoms with Gasteiger partial charge in [0.05, 0.1) is 0 Å². The molecule has 84 valence electrons. The summed E-state index contributed by atoms with van der Waals surface area (Å²) in [5.74, 6) is 0.811. The van der Waals surface area contributed by atoms with E-state index >= 15 is 0 Å². The summed E-state index contributed by atoms with van der Waals surface area (Å²) in [7, 11) is 0. The SMILES string of the molecule is Cc1cc(C)cc(NCCCC(C)C)c1. The summed E-state index contributed by atoms with van der Waals surface area (Å²) in [6.45, 7) is 9.92. The molecule has 0 aromatic heterocycles. The largest absolute Gasteiger partial charge is 0.385 e. The Labute approximate surface area is 93.9 Å². The van der Waals surface area contributed by atoms with Gasteiger partial charge in [0.25, 0.3) is 0 Å². The van der Waals surface area contributed by atoms with Crippen molar-refractivity contribution in [3.63, 3.8) is 0 Å². The third kappa shape index (κ3) is 4.87. The Bertz CT molecular complexity index is 282. The van der Waals surface area contributed by atoms with Gasteiger partial charge in [-0.2, -0.15) is 0 Å². The summed E-state index contributed by atoms with van der Waals surface area (Å²) in [4.78, 5) is 0. The number of hydrogen-bond acceptors (Lipinski definition) is 1. The van der Waals surface area contributed by atoms with E-state index in [1.54, 1.807) is 0 Å². The van der Waals surface area contributed by atoms with Gasteiger partial charge < -0.3 is 5.32 Å². The lowest BCUT2D eigenvalue weighted by molar-refractivity contribution is 0.567. The van der Waals surface area contributed by atoms with Gasteiger partial charge in [0.15, 0.2) is 0 Å². The van der Waals surface area contributed by atoms with Gasteiger partial charge in [-0.05, 0) is 55.9 Å². The van der Waals surface area contributed by atoms with E-state index in [0.29, 0.717) is 0 Å². The van der Waals surface area contributed by atoms with Crippen LogP contribution in [-0.2, 0) is 0 Å². The van der Waals surface area contributed by atoms with E-state index in [4.69, 9.17) is 0 Å². The average Bonchev–Trinajstić information content (AvgIpc) is 2.10. The fourth-order valence-corrected chi connectivity index (χ4v) is 1.82. The van der Waals surface area contributed by atoms with Crippen molar-refractivity contribution in [3.8, 4) is 0 Å². The van der Waals surface area contributed by atoms with E-state index in [1.807, 2.05) is 0 Å². The molecule has 1 nitrogen and oxygen atoms in total. The van der Waals surface area contributed by atoms with Crippen molar-refractivity contribution in [2.24, 2.45) is 5.92 Å². The van der Waals surface area contributed by atoms with Gasteiger partial charge in [-0.3, -0.25) is 0 Å². The van der Waals surface area contributed by atoms with Crippen LogP contribution < -0.4 is 5.32 Å². The molecule has 0 fully saturated rings. The van der Waals surface area contributed by atoms with Crippen LogP contribution in [0, 0.1) is 19.8 Å². The lowest BCUT2D eigenvalue weighted by Gasteiger charge is -2.09. The van der Waals surface area contributed by atoms with Crippen molar-refractivity contribution in [3.05, 3.63) is 29.3 Å². The Morgan fingerprint density at radius 1 is 1.07 bits per heavy atom. The predicted octanol–water partition coefficient (Wildman–Crippen LogP) is 4.15. The first-order valence-corrected chi connectivity index (χ1v) is 5.90. The molecule has 0 aliphatic rings. The lowest BCUT2D eigenvalue weighted by atomic mass is 10.1. The molecule has 0 aliphatic carbocycles. The van der Waals surface area contributed by atoms with Gasteiger partial charge in [-0.15, -0.1) is 0 Å². The second kappa shape index (κ2) is 5.79. The molecule has 0 bridgehead atoms. The quantitative estimate of drug-likeness (QED) is 0.712. The zero-order valence-electron chi connectivity index (χ0n) is 10.4. The molecule has 1 aromatic carbocycles. The summed E-state index contributed by atoms with van der Waals surface area (Å²) in [5, 5.41) is 3.48. The fraction of sp³-hybridized carbons (Fsp3) is 0.571. The second-order valence-electron chi connectivity index (χ2n) is 4.84. The second-order valence-corrected chi connectivity index (χ2v) is 4.84. The standard InChI is InChI=1S/C14H23N/c1-11(2)6-5-7-15-14-9-12(3)8-13(4)10-14/h8-11,15H,5-7H2,1-4H3. The van der Waals surface area contributed by atoms with Gasteiger partial charge >= 0.3 is 0 Å². The molecule has 0 heterocycles. The van der Waals surface area contributed by atoms with Crippen molar-refractivity contribution >= 4 is 5.69 Å². The Hall–Kier alpha value is -0.980. The minimum absolute atomic E-state index is 0.811. The van der Waals surface area contributed by atoms with Gasteiger partial charge in [0.2, 0.25) is 0 Å². The van der Waals surface area contributed by atoms with Crippen molar-refractivity contribution in [1.29, 1.82) is 0 Å². The third-order valence-corrected chi connectivity index (χ3v) is 2.51. The average molecular weight is 205 g/mol. The highest BCUT2D eigenvalue weighted by atomic mass is 14.9. The van der Waals surface area contributed by atoms with Crippen LogP contribution in [0.4, 0.5) is 5.69 Å². The molecule has 1 aromatic rings. The topological polar surface area (TPSA) is 12.0 Å². The van der Waals surface area contributed by atoms with Gasteiger partial charge in [0, 0.05) is 12.2 Å². The Morgan fingerprint density at radius 3 is 2.20 bits per heavy atom. The molecule has 1 heteroatoms. The summed E-state index contributed by atoms with van der Waals surface area (Å²) in [6.07, 6.45) is 2.56. The molecule has 0 radical (unpaired) electrons. The zero-order valence-corrected chi connectivity index (χ0v) is 10.4. The van der Waals surface area contributed by atoms with Crippen molar-refractivity contribution < 1.29 is 0 Å². The van der Waals surface area contributed by atoms with Crippen molar-refractivity contribution in [2.75, 3.05) is 11.9 Å². The number of nitrogens with one attached hydrogen (secondary N) is 1. The molecular weight excluding hydrogens is 182 g/mol. The number of rotatable bonds is 5. The highest BCUT2D eigenvalue weighted by Gasteiger charge is 1.96. The van der Waals surface area contributed by atoms with E-state index < -0.39 is 0 Å². The highest BCUT2D eigenvalue weighted by Crippen LogP contribution is 2.14. The Kier molecular flexibility index (Phi) is 4.67. The van der Waals surface area contributed by atoms with E-state index in [2.05, 4.69) is 51.2 Å². The van der Waals surface area contributed by atoms with Crippen molar-refractivity contribution in [2.45, 2.75) is 40.5 Å². The summed E-state index contributed by atoms with van der Waals surface area (Å²) >= 11 is 0. The normalized spacial score (nSPS) is 10.7. The lowest BCUT2D eigenvalue weighted by Crippen LogP contribution is -2.03. The van der Waals surface area contributed by atoms with Crippen molar-refractivity contribution in [1.82, 2.24) is 0 Å². The number of benzene rings is 1. The van der Waals surface area contributed by atoms with Crippen LogP contribution in [-0.4, -0.2) is 6.54 Å². The smallest absolute Gasteiger partial charge is 0.0345 e. The molecule has 1 N–H and O–H groups in total. The van der Waals surface area contributed by atoms with E-state index in [1.165, 1.54) is 29.7 Å². The molecule has 15 heavy (non-hydrogen) atoms. The molecule has 0 saturated heterocycles. The fourth-order valence-electron chi connectivity index (χ4n) is 1.82. The third-order valence-electron chi connectivity index (χ3n) is 2.51. The number of anilines is 1. The first-order valence-electron chi connectivity index (χ1n) is 5.90. The van der Waals surface area contributed by atoms with E-state index in [9.17, 15) is 0 Å². The summed E-state index contributed by atoms with van der Waals surface area (Å²) in [6, 6.07) is 6.63. The van der Waals surface area contributed by atoms with Crippen LogP contribution in [0.2, 0.25) is 0 Å². The summed E-state index contributed by atoms with van der Waals surface area (Å²) < 4.78 is 0. The van der Waals surface area contributed by atoms with Crippen LogP contribution >= 0.6 is 0 Å². The molecule has 0 amide bonds. The van der Waals surface area contributed by atoms with Crippen LogP contribution in [0.3, 0.4) is 0 Å². The van der Waals surface area contributed by atoms with Gasteiger partial charge in [-0.25, -0.2) is 0 Å². The molecule has 0 aliphatic heterocycles. The first kappa shape index (κ1) is 12.1. The maximum atomic E-state index is 3.48. The molecular formula is C14H23N. The molecule has 0 saturated carbocycles. The van der Waals surface area contributed by atoms with Crippen LogP contribution in [0.5, 0.6) is 0 Å². The molecule has 0 spiro atoms. The van der Waals surface area contributed by atoms with E-state index in [-0.39, 0.29) is 0 Å². The molecule has 0 unspecified atom stereocenters. The maximum Gasteiger partial charge on any atom is 0.0345 e. The Balaban J connectivity index is 2.37. The molecule has 1 rings (SSSR count). The zero-order chi connectivity index (χ0) is 11.3. The minimum Gasteiger partial charge on any atom is -0.385 e. The van der Waals surface area contributed by atoms with Crippen LogP contribution in [0.15, 0.2) is 18.2 Å². The highest BCUT2D eigenvalue weighted by molar-refractivity contribution is 5.48. The van der Waals surface area contributed by atoms with Crippen LogP contribution in [0.1, 0.15) is 37.8 Å². The summed E-state index contributed by atoms with van der Waals surface area (Å²) in [5.41, 5.74) is 3.93. The van der Waals surface area contributed by atoms with Gasteiger partial charge in [-0.1, -0.05) is 19.9 Å².